The molecular weight excluding hydrogens is 175 g/mol. The zero-order valence-corrected chi connectivity index (χ0v) is 6.81. The molecule has 0 aliphatic rings. The number of phenols is 1. The first-order chi connectivity index (χ1) is 6.33. The molecule has 0 aliphatic carbocycles. The molecule has 70 valence electrons. The molecule has 1 N–H and O–H groups in total. The fourth-order valence-electron chi connectivity index (χ4n) is 1.35. The van der Waals surface area contributed by atoms with E-state index in [1.165, 1.54) is 6.07 Å². The molecule has 4 heteroatoms. The molecule has 0 fully saturated rings. The number of hydrogen-bond donors (Lipinski definition) is 1. The molecule has 2 rings (SSSR count). The van der Waals surface area contributed by atoms with Crippen LogP contribution in [-0.4, -0.2) is 13.5 Å². The highest BCUT2D eigenvalue weighted by Gasteiger charge is 2.16. The molecule has 0 unspecified atom stereocenters. The zero-order chi connectivity index (χ0) is 9.26. The summed E-state index contributed by atoms with van der Waals surface area (Å²) in [5, 5.41) is 19.7. The van der Waals surface area contributed by atoms with Crippen molar-refractivity contribution in [1.82, 2.24) is 0 Å². The van der Waals surface area contributed by atoms with Crippen LogP contribution in [0.5, 0.6) is 5.75 Å². The van der Waals surface area contributed by atoms with E-state index >= 15 is 0 Å². The van der Waals surface area contributed by atoms with E-state index in [1.54, 1.807) is 12.1 Å². The Morgan fingerprint density at radius 2 is 1.79 bits per heavy atom. The Morgan fingerprint density at radius 3 is 2.50 bits per heavy atom. The fourth-order valence-corrected chi connectivity index (χ4v) is 1.35. The van der Waals surface area contributed by atoms with Crippen LogP contribution in [-0.2, 0) is 0 Å². The Morgan fingerprint density at radius 1 is 1.07 bits per heavy atom. The van der Waals surface area contributed by atoms with Gasteiger partial charge in [0.05, 0.1) is 5.39 Å². The number of benzene rings is 2. The maximum absolute atomic E-state index is 9.35. The van der Waals surface area contributed by atoms with Crippen molar-refractivity contribution in [3.8, 4) is 5.75 Å². The molecule has 2 aromatic rings. The first-order valence-electron chi connectivity index (χ1n) is 3.89. The monoisotopic (exact) mass is 186 g/mol. The third kappa shape index (κ3) is 1.40. The molecule has 0 atom stereocenters. The summed E-state index contributed by atoms with van der Waals surface area (Å²) in [4.78, 5) is 3.05. The van der Waals surface area contributed by atoms with Gasteiger partial charge in [-0.2, -0.15) is 0 Å². The zero-order valence-electron chi connectivity index (χ0n) is 6.81. The van der Waals surface area contributed by atoms with Crippen LogP contribution >= 0.6 is 0 Å². The second kappa shape index (κ2) is 3.80. The lowest BCUT2D eigenvalue weighted by Gasteiger charge is -1.93. The molecule has 14 heavy (non-hydrogen) atoms. The van der Waals surface area contributed by atoms with Crippen LogP contribution in [0.25, 0.3) is 15.7 Å². The molecule has 0 heterocycles. The average Bonchev–Trinajstić information content (AvgIpc) is 2.18. The number of fused-ring (bicyclic) bond motifs is 1. The van der Waals surface area contributed by atoms with Crippen LogP contribution < -0.4 is 0 Å². The summed E-state index contributed by atoms with van der Waals surface area (Å²) in [5.74, 6) is -0.0128. The summed E-state index contributed by atoms with van der Waals surface area (Å²) < 4.78 is 0. The smallest absolute Gasteiger partial charge is 0.433 e. The minimum absolute atomic E-state index is 0. The van der Waals surface area contributed by atoms with Crippen molar-refractivity contribution in [3.63, 3.8) is 0 Å². The summed E-state index contributed by atoms with van der Waals surface area (Å²) >= 11 is 0. The maximum atomic E-state index is 9.35. The van der Waals surface area contributed by atoms with Gasteiger partial charge in [-0.05, 0) is 17.5 Å². The lowest BCUT2D eigenvalue weighted by atomic mass is 10.1. The molecule has 0 radical (unpaired) electrons. The van der Waals surface area contributed by atoms with E-state index in [2.05, 4.69) is 4.98 Å². The molecule has 0 saturated heterocycles. The van der Waals surface area contributed by atoms with Gasteiger partial charge in [0, 0.05) is 0 Å². The van der Waals surface area contributed by atoms with Crippen LogP contribution in [0.2, 0.25) is 0 Å². The van der Waals surface area contributed by atoms with E-state index < -0.39 is 0 Å². The van der Waals surface area contributed by atoms with E-state index in [0.29, 0.717) is 0 Å². The minimum atomic E-state index is -0.0128. The molecule has 3 nitrogen and oxygen atoms in total. The van der Waals surface area contributed by atoms with Gasteiger partial charge in [-0.1, -0.05) is 32.7 Å². The molecular formula is C10H11BN2O. The maximum Gasteiger partial charge on any atom is 0.433 e. The lowest BCUT2D eigenvalue weighted by molar-refractivity contribution is 0.479. The highest BCUT2D eigenvalue weighted by molar-refractivity contribution is 5.97. The van der Waals surface area contributed by atoms with E-state index in [1.807, 2.05) is 18.2 Å². The van der Waals surface area contributed by atoms with Crippen molar-refractivity contribution >= 4 is 24.9 Å². The van der Waals surface area contributed by atoms with Crippen LogP contribution in [0.15, 0.2) is 36.4 Å². The Balaban J connectivity index is 0.000000980. The van der Waals surface area contributed by atoms with Gasteiger partial charge in [0.2, 0.25) is 11.1 Å². The molecule has 0 aliphatic heterocycles. The Kier molecular flexibility index (Phi) is 2.73. The second-order valence-corrected chi connectivity index (χ2v) is 2.75. The third-order valence-electron chi connectivity index (χ3n) is 1.98. The van der Waals surface area contributed by atoms with Gasteiger partial charge in [-0.3, -0.25) is 0 Å². The number of nitrogens with zero attached hydrogens (tertiary/aromatic N) is 2. The average molecular weight is 186 g/mol. The summed E-state index contributed by atoms with van der Waals surface area (Å²) in [6, 6.07) is 10.7. The van der Waals surface area contributed by atoms with E-state index in [4.69, 9.17) is 5.39 Å². The van der Waals surface area contributed by atoms with Crippen LogP contribution in [0.4, 0.5) is 5.69 Å². The van der Waals surface area contributed by atoms with Gasteiger partial charge in [0.15, 0.2) is 4.98 Å². The Labute approximate surface area is 83.2 Å². The highest BCUT2D eigenvalue weighted by atomic mass is 16.3. The van der Waals surface area contributed by atoms with Crippen molar-refractivity contribution < 1.29 is 5.11 Å². The van der Waals surface area contributed by atoms with Gasteiger partial charge in [-0.25, -0.2) is 0 Å². The molecule has 0 aromatic heterocycles. The van der Waals surface area contributed by atoms with Crippen LogP contribution in [0, 0.1) is 5.39 Å². The number of diazo groups is 1. The number of aromatic hydroxyl groups is 1. The molecule has 0 bridgehead atoms. The fraction of sp³-hybridized carbons (Fsp3) is 0. The second-order valence-electron chi connectivity index (χ2n) is 2.75. The van der Waals surface area contributed by atoms with Crippen molar-refractivity contribution in [2.45, 2.75) is 0 Å². The summed E-state index contributed by atoms with van der Waals surface area (Å²) in [7, 11) is 0. The van der Waals surface area contributed by atoms with Crippen molar-refractivity contribution in [2.24, 2.45) is 0 Å². The normalized spacial score (nSPS) is 9.07. The first kappa shape index (κ1) is 10.1. The van der Waals surface area contributed by atoms with E-state index in [0.717, 1.165) is 10.8 Å². The van der Waals surface area contributed by atoms with Crippen LogP contribution in [0.3, 0.4) is 0 Å². The predicted molar refractivity (Wildman–Crippen MR) is 61.7 cm³/mol. The SMILES string of the molecule is N#[N+]c1c(O)ccc2ccccc12.[BH4-]. The minimum Gasteiger partial charge on any atom is -0.501 e. The summed E-state index contributed by atoms with van der Waals surface area (Å²) in [6.45, 7) is 0. The summed E-state index contributed by atoms with van der Waals surface area (Å²) in [5.41, 5.74) is 0.220. The topological polar surface area (TPSA) is 48.4 Å². The molecule has 0 saturated carbocycles. The van der Waals surface area contributed by atoms with Gasteiger partial charge in [-0.15, -0.1) is 0 Å². The Bertz CT molecular complexity index is 505. The van der Waals surface area contributed by atoms with Crippen molar-refractivity contribution in [3.05, 3.63) is 41.4 Å². The van der Waals surface area contributed by atoms with Gasteiger partial charge >= 0.3 is 5.69 Å². The van der Waals surface area contributed by atoms with Crippen LogP contribution in [0.1, 0.15) is 0 Å². The van der Waals surface area contributed by atoms with Crippen molar-refractivity contribution in [2.75, 3.05) is 0 Å². The number of hydrogen-bond acceptors (Lipinski definition) is 2. The largest absolute Gasteiger partial charge is 0.501 e. The predicted octanol–water partition coefficient (Wildman–Crippen LogP) is 1.58. The summed E-state index contributed by atoms with van der Waals surface area (Å²) in [6.07, 6.45) is 0. The standard InChI is InChI=1S/C10H6N2O.BH4/c11-12-10-8-4-2-1-3-7(8)5-6-9(10)13;/h1-6H;1H4/q;-1/p+1. The molecule has 0 spiro atoms. The lowest BCUT2D eigenvalue weighted by Crippen LogP contribution is -1.72. The van der Waals surface area contributed by atoms with Gasteiger partial charge in [0.1, 0.15) is 0 Å². The highest BCUT2D eigenvalue weighted by Crippen LogP contribution is 2.34. The third-order valence-corrected chi connectivity index (χ3v) is 1.98. The molecule has 2 aromatic carbocycles. The van der Waals surface area contributed by atoms with E-state index in [9.17, 15) is 5.11 Å². The molecule has 0 amide bonds. The number of rotatable bonds is 0. The Hall–Kier alpha value is -2.02. The quantitative estimate of drug-likeness (QED) is 0.501. The van der Waals surface area contributed by atoms with E-state index in [-0.39, 0.29) is 19.8 Å². The van der Waals surface area contributed by atoms with Crippen molar-refractivity contribution in [1.29, 1.82) is 5.39 Å². The number of phenolic OH excluding ortho intramolecular Hbond substituents is 1. The first-order valence-corrected chi connectivity index (χ1v) is 3.89. The van der Waals surface area contributed by atoms with Gasteiger partial charge in [0.25, 0.3) is 0 Å². The van der Waals surface area contributed by atoms with Gasteiger partial charge < -0.3 is 5.11 Å².